The minimum Gasteiger partial charge on any atom is -0.333 e. The van der Waals surface area contributed by atoms with Gasteiger partial charge in [-0.25, -0.2) is 4.39 Å². The number of hydrogen-bond donors (Lipinski definition) is 1. The van der Waals surface area contributed by atoms with E-state index in [2.05, 4.69) is 12.2 Å². The van der Waals surface area contributed by atoms with E-state index in [1.165, 1.54) is 12.1 Å². The molecule has 6 heteroatoms. The lowest BCUT2D eigenvalue weighted by Gasteiger charge is -2.37. The lowest BCUT2D eigenvalue weighted by molar-refractivity contribution is 0.0615. The van der Waals surface area contributed by atoms with Gasteiger partial charge in [-0.05, 0) is 54.6 Å². The van der Waals surface area contributed by atoms with Gasteiger partial charge in [-0.2, -0.15) is 0 Å². The third kappa shape index (κ3) is 3.79. The molecule has 106 valence electrons. The minimum atomic E-state index is -0.308. The molecule has 0 aromatic heterocycles. The highest BCUT2D eigenvalue weighted by atomic mass is 127. The van der Waals surface area contributed by atoms with Gasteiger partial charge in [0.2, 0.25) is 0 Å². The van der Waals surface area contributed by atoms with Crippen molar-refractivity contribution in [3.8, 4) is 0 Å². The Balaban J connectivity index is 0.00000180. The SMILES string of the molecule is CC1CN(C(=O)c2ccc(F)cc2I)C(C)CN1.Cl. The normalized spacial score (nSPS) is 22.8. The van der Waals surface area contributed by atoms with E-state index in [1.807, 2.05) is 34.4 Å². The first-order chi connectivity index (χ1) is 8.49. The molecule has 0 bridgehead atoms. The van der Waals surface area contributed by atoms with Crippen LogP contribution >= 0.6 is 35.0 Å². The zero-order valence-electron chi connectivity index (χ0n) is 10.8. The standard InChI is InChI=1S/C13H16FIN2O.ClH/c1-8-7-17(9(2)6-16-8)13(18)11-4-3-10(14)5-12(11)15;/h3-5,8-9,16H,6-7H2,1-2H3;1H. The summed E-state index contributed by atoms with van der Waals surface area (Å²) in [6, 6.07) is 4.76. The average molecular weight is 399 g/mol. The maximum absolute atomic E-state index is 13.1. The molecular weight excluding hydrogens is 382 g/mol. The highest BCUT2D eigenvalue weighted by molar-refractivity contribution is 14.1. The molecule has 1 heterocycles. The van der Waals surface area contributed by atoms with Crippen LogP contribution in [0.4, 0.5) is 4.39 Å². The third-order valence-corrected chi connectivity index (χ3v) is 4.08. The molecule has 1 aromatic carbocycles. The van der Waals surface area contributed by atoms with Crippen LogP contribution in [-0.4, -0.2) is 36.0 Å². The largest absolute Gasteiger partial charge is 0.333 e. The number of nitrogens with zero attached hydrogens (tertiary/aromatic N) is 1. The van der Waals surface area contributed by atoms with Crippen molar-refractivity contribution >= 4 is 40.9 Å². The predicted octanol–water partition coefficient (Wildman–Crippen LogP) is 2.67. The summed E-state index contributed by atoms with van der Waals surface area (Å²) in [6.07, 6.45) is 0. The average Bonchev–Trinajstić information content (AvgIpc) is 2.31. The van der Waals surface area contributed by atoms with Crippen LogP contribution in [0.25, 0.3) is 0 Å². The fraction of sp³-hybridized carbons (Fsp3) is 0.462. The van der Waals surface area contributed by atoms with Gasteiger partial charge in [0.05, 0.1) is 5.56 Å². The highest BCUT2D eigenvalue weighted by Gasteiger charge is 2.28. The summed E-state index contributed by atoms with van der Waals surface area (Å²) in [5, 5.41) is 3.34. The second-order valence-electron chi connectivity index (χ2n) is 4.74. The molecule has 1 aliphatic rings. The molecule has 1 aromatic rings. The Morgan fingerprint density at radius 2 is 2.16 bits per heavy atom. The number of halogens is 3. The molecule has 0 aliphatic carbocycles. The van der Waals surface area contributed by atoms with Gasteiger partial charge in [0, 0.05) is 28.7 Å². The van der Waals surface area contributed by atoms with Crippen molar-refractivity contribution < 1.29 is 9.18 Å². The Morgan fingerprint density at radius 3 is 2.79 bits per heavy atom. The van der Waals surface area contributed by atoms with Gasteiger partial charge in [0.15, 0.2) is 0 Å². The molecule has 3 nitrogen and oxygen atoms in total. The predicted molar refractivity (Wildman–Crippen MR) is 84.3 cm³/mol. The zero-order valence-corrected chi connectivity index (χ0v) is 13.8. The summed E-state index contributed by atoms with van der Waals surface area (Å²) in [4.78, 5) is 14.3. The molecule has 0 spiro atoms. The van der Waals surface area contributed by atoms with Crippen LogP contribution in [0.2, 0.25) is 0 Å². The Kier molecular flexibility index (Phi) is 6.01. The van der Waals surface area contributed by atoms with Crippen molar-refractivity contribution in [2.45, 2.75) is 25.9 Å². The van der Waals surface area contributed by atoms with E-state index >= 15 is 0 Å². The van der Waals surface area contributed by atoms with Gasteiger partial charge in [0.25, 0.3) is 5.91 Å². The van der Waals surface area contributed by atoms with Crippen LogP contribution in [0.15, 0.2) is 18.2 Å². The van der Waals surface area contributed by atoms with Crippen LogP contribution in [0, 0.1) is 9.39 Å². The molecule has 2 atom stereocenters. The molecule has 1 saturated heterocycles. The molecule has 19 heavy (non-hydrogen) atoms. The van der Waals surface area contributed by atoms with E-state index in [4.69, 9.17) is 0 Å². The molecule has 1 amide bonds. The smallest absolute Gasteiger partial charge is 0.255 e. The molecular formula is C13H17ClFIN2O. The number of carbonyl (C=O) groups excluding carboxylic acids is 1. The van der Waals surface area contributed by atoms with Crippen molar-refractivity contribution in [2.75, 3.05) is 13.1 Å². The molecule has 0 saturated carbocycles. The molecule has 2 rings (SSSR count). The van der Waals surface area contributed by atoms with Crippen molar-refractivity contribution in [1.29, 1.82) is 0 Å². The summed E-state index contributed by atoms with van der Waals surface area (Å²) in [6.45, 7) is 5.56. The Morgan fingerprint density at radius 1 is 1.47 bits per heavy atom. The van der Waals surface area contributed by atoms with Crippen molar-refractivity contribution in [2.24, 2.45) is 0 Å². The summed E-state index contributed by atoms with van der Waals surface area (Å²) in [5.41, 5.74) is 0.581. The fourth-order valence-electron chi connectivity index (χ4n) is 2.12. The van der Waals surface area contributed by atoms with E-state index in [0.717, 1.165) is 6.54 Å². The van der Waals surface area contributed by atoms with Gasteiger partial charge >= 0.3 is 0 Å². The van der Waals surface area contributed by atoms with Gasteiger partial charge < -0.3 is 10.2 Å². The van der Waals surface area contributed by atoms with Crippen molar-refractivity contribution in [3.05, 3.63) is 33.1 Å². The van der Waals surface area contributed by atoms with Crippen LogP contribution < -0.4 is 5.32 Å². The maximum atomic E-state index is 13.1. The van der Waals surface area contributed by atoms with Crippen molar-refractivity contribution in [3.63, 3.8) is 0 Å². The number of nitrogens with one attached hydrogen (secondary N) is 1. The number of rotatable bonds is 1. The van der Waals surface area contributed by atoms with Crippen LogP contribution in [-0.2, 0) is 0 Å². The van der Waals surface area contributed by atoms with Gasteiger partial charge in [-0.1, -0.05) is 0 Å². The van der Waals surface area contributed by atoms with E-state index in [0.29, 0.717) is 21.7 Å². The highest BCUT2D eigenvalue weighted by Crippen LogP contribution is 2.18. The first-order valence-electron chi connectivity index (χ1n) is 5.98. The number of carbonyl (C=O) groups is 1. The quantitative estimate of drug-likeness (QED) is 0.738. The number of hydrogen-bond acceptors (Lipinski definition) is 2. The third-order valence-electron chi connectivity index (χ3n) is 3.19. The van der Waals surface area contributed by atoms with E-state index in [-0.39, 0.29) is 30.2 Å². The van der Waals surface area contributed by atoms with E-state index in [1.54, 1.807) is 6.07 Å². The summed E-state index contributed by atoms with van der Waals surface area (Å²) >= 11 is 2.01. The topological polar surface area (TPSA) is 32.3 Å². The molecule has 2 unspecified atom stereocenters. The molecule has 0 radical (unpaired) electrons. The molecule has 1 aliphatic heterocycles. The summed E-state index contributed by atoms with van der Waals surface area (Å²) in [7, 11) is 0. The zero-order chi connectivity index (χ0) is 13.3. The Labute approximate surface area is 132 Å². The molecule has 1 fully saturated rings. The number of piperazine rings is 1. The lowest BCUT2D eigenvalue weighted by atomic mass is 10.1. The number of amides is 1. The van der Waals surface area contributed by atoms with Crippen LogP contribution in [0.3, 0.4) is 0 Å². The second kappa shape index (κ2) is 6.85. The first-order valence-corrected chi connectivity index (χ1v) is 7.06. The second-order valence-corrected chi connectivity index (χ2v) is 5.90. The Hall–Kier alpha value is -0.400. The van der Waals surface area contributed by atoms with Crippen LogP contribution in [0.5, 0.6) is 0 Å². The fourth-order valence-corrected chi connectivity index (χ4v) is 2.83. The van der Waals surface area contributed by atoms with Gasteiger partial charge in [-0.15, -0.1) is 12.4 Å². The van der Waals surface area contributed by atoms with Crippen LogP contribution in [0.1, 0.15) is 24.2 Å². The van der Waals surface area contributed by atoms with E-state index < -0.39 is 0 Å². The number of benzene rings is 1. The van der Waals surface area contributed by atoms with Crippen molar-refractivity contribution in [1.82, 2.24) is 10.2 Å². The monoisotopic (exact) mass is 398 g/mol. The minimum absolute atomic E-state index is 0. The van der Waals surface area contributed by atoms with Gasteiger partial charge in [0.1, 0.15) is 5.82 Å². The van der Waals surface area contributed by atoms with Gasteiger partial charge in [-0.3, -0.25) is 4.79 Å². The maximum Gasteiger partial charge on any atom is 0.255 e. The van der Waals surface area contributed by atoms with E-state index in [9.17, 15) is 9.18 Å². The summed E-state index contributed by atoms with van der Waals surface area (Å²) in [5.74, 6) is -0.321. The lowest BCUT2D eigenvalue weighted by Crippen LogP contribution is -2.56. The molecule has 1 N–H and O–H groups in total. The first kappa shape index (κ1) is 16.7. The Bertz CT molecular complexity index is 472. The summed E-state index contributed by atoms with van der Waals surface area (Å²) < 4.78 is 13.7.